The highest BCUT2D eigenvalue weighted by Gasteiger charge is 2.53. The van der Waals surface area contributed by atoms with E-state index in [4.69, 9.17) is 54.1 Å². The lowest BCUT2D eigenvalue weighted by molar-refractivity contribution is -0.231. The lowest BCUT2D eigenvalue weighted by Gasteiger charge is -2.48. The summed E-state index contributed by atoms with van der Waals surface area (Å²) in [7, 11) is -2.83. The first-order valence-corrected chi connectivity index (χ1v) is 13.9. The Hall–Kier alpha value is -1.12. The number of aliphatic hydroxyl groups is 1. The van der Waals surface area contributed by atoms with Gasteiger partial charge in [-0.1, -0.05) is 116 Å². The third kappa shape index (κ3) is 5.76. The first kappa shape index (κ1) is 26.5. The van der Waals surface area contributed by atoms with Gasteiger partial charge in [0.15, 0.2) is 0 Å². The predicted molar refractivity (Wildman–Crippen MR) is 137 cm³/mol. The van der Waals surface area contributed by atoms with Gasteiger partial charge in [0.25, 0.3) is 12.1 Å². The lowest BCUT2D eigenvalue weighted by Crippen LogP contribution is -2.69. The Morgan fingerprint density at radius 1 is 1.00 bits per heavy atom. The van der Waals surface area contributed by atoms with Crippen LogP contribution in [-0.2, 0) is 13.9 Å². The number of aliphatic hydroxyl groups excluding tert-OH is 1. The quantitative estimate of drug-likeness (QED) is 0.252. The molecular formula is C24H30Cl3NO4Si. The van der Waals surface area contributed by atoms with Crippen LogP contribution in [-0.4, -0.2) is 47.7 Å². The molecule has 1 aliphatic heterocycles. The Bertz CT molecular complexity index is 895. The number of hydrogen-bond donors (Lipinski definition) is 2. The molecule has 1 aliphatic rings. The number of ether oxygens (including phenoxy) is 2. The van der Waals surface area contributed by atoms with E-state index < -0.39 is 42.6 Å². The van der Waals surface area contributed by atoms with Gasteiger partial charge in [0, 0.05) is 6.42 Å². The maximum atomic E-state index is 10.8. The molecule has 1 fully saturated rings. The predicted octanol–water partition coefficient (Wildman–Crippen LogP) is 4.79. The second kappa shape index (κ2) is 10.2. The minimum absolute atomic E-state index is 0.217. The SMILES string of the molecule is C[C@@H]1O[C@@H](OC(=N)C(Cl)(Cl)Cl)[C@H](O)C[C@H]1O[Si](c1ccccc1)(c1ccccc1)C(C)(C)C. The van der Waals surface area contributed by atoms with Crippen molar-refractivity contribution in [3.05, 3.63) is 60.7 Å². The molecule has 0 radical (unpaired) electrons. The highest BCUT2D eigenvalue weighted by atomic mass is 35.6. The molecular weight excluding hydrogens is 501 g/mol. The van der Waals surface area contributed by atoms with Crippen molar-refractivity contribution < 1.29 is 19.0 Å². The van der Waals surface area contributed by atoms with Gasteiger partial charge in [0.2, 0.25) is 12.2 Å². The van der Waals surface area contributed by atoms with E-state index in [-0.39, 0.29) is 11.5 Å². The molecule has 2 N–H and O–H groups in total. The van der Waals surface area contributed by atoms with E-state index in [9.17, 15) is 5.11 Å². The van der Waals surface area contributed by atoms with Crippen molar-refractivity contribution in [1.82, 2.24) is 0 Å². The van der Waals surface area contributed by atoms with Gasteiger partial charge in [-0.05, 0) is 22.3 Å². The second-order valence-electron chi connectivity index (χ2n) is 9.28. The Morgan fingerprint density at radius 2 is 1.48 bits per heavy atom. The summed E-state index contributed by atoms with van der Waals surface area (Å²) in [5, 5.41) is 20.6. The van der Waals surface area contributed by atoms with E-state index in [0.717, 1.165) is 10.4 Å². The van der Waals surface area contributed by atoms with E-state index in [1.54, 1.807) is 0 Å². The van der Waals surface area contributed by atoms with Crippen LogP contribution in [0.25, 0.3) is 0 Å². The van der Waals surface area contributed by atoms with Crippen molar-refractivity contribution >= 4 is 59.4 Å². The minimum Gasteiger partial charge on any atom is -0.445 e. The number of alkyl halides is 3. The molecule has 3 rings (SSSR count). The fourth-order valence-electron chi connectivity index (χ4n) is 4.28. The lowest BCUT2D eigenvalue weighted by atomic mass is 10.0. The fourth-order valence-corrected chi connectivity index (χ4v) is 9.17. The smallest absolute Gasteiger partial charge is 0.265 e. The molecule has 9 heteroatoms. The minimum atomic E-state index is -2.83. The van der Waals surface area contributed by atoms with E-state index in [1.165, 1.54) is 0 Å². The highest BCUT2D eigenvalue weighted by Crippen LogP contribution is 2.40. The summed E-state index contributed by atoms with van der Waals surface area (Å²) in [4.78, 5) is 0. The van der Waals surface area contributed by atoms with Crippen molar-refractivity contribution in [2.24, 2.45) is 0 Å². The first-order chi connectivity index (χ1) is 15.4. The maximum absolute atomic E-state index is 10.8. The first-order valence-electron chi connectivity index (χ1n) is 10.8. The molecule has 0 bridgehead atoms. The van der Waals surface area contributed by atoms with Crippen LogP contribution >= 0.6 is 34.8 Å². The molecule has 0 saturated carbocycles. The third-order valence-electron chi connectivity index (χ3n) is 5.90. The molecule has 2 aromatic rings. The van der Waals surface area contributed by atoms with Gasteiger partial charge in [-0.25, -0.2) is 0 Å². The van der Waals surface area contributed by atoms with Crippen LogP contribution in [0.4, 0.5) is 0 Å². The summed E-state index contributed by atoms with van der Waals surface area (Å²) in [6, 6.07) is 20.5. The molecule has 4 atom stereocenters. The van der Waals surface area contributed by atoms with Gasteiger partial charge in [-0.2, -0.15) is 0 Å². The average Bonchev–Trinajstić information content (AvgIpc) is 2.74. The molecule has 33 heavy (non-hydrogen) atoms. The van der Waals surface area contributed by atoms with E-state index >= 15 is 0 Å². The molecule has 2 aromatic carbocycles. The molecule has 1 saturated heterocycles. The number of rotatable bonds is 5. The molecule has 0 spiro atoms. The van der Waals surface area contributed by atoms with Gasteiger partial charge >= 0.3 is 0 Å². The number of hydrogen-bond acceptors (Lipinski definition) is 5. The number of halogens is 3. The van der Waals surface area contributed by atoms with Crippen molar-refractivity contribution in [3.63, 3.8) is 0 Å². The van der Waals surface area contributed by atoms with E-state index in [2.05, 4.69) is 45.0 Å². The molecule has 0 unspecified atom stereocenters. The summed E-state index contributed by atoms with van der Waals surface area (Å²) in [5.41, 5.74) is 0. The van der Waals surface area contributed by atoms with Crippen molar-refractivity contribution in [2.75, 3.05) is 0 Å². The zero-order valence-electron chi connectivity index (χ0n) is 19.1. The highest BCUT2D eigenvalue weighted by molar-refractivity contribution is 6.99. The Morgan fingerprint density at radius 3 is 1.91 bits per heavy atom. The zero-order valence-corrected chi connectivity index (χ0v) is 22.4. The molecule has 180 valence electrons. The van der Waals surface area contributed by atoms with Gasteiger partial charge in [-0.15, -0.1) is 0 Å². The molecule has 0 aromatic heterocycles. The Kier molecular flexibility index (Phi) is 8.22. The van der Waals surface area contributed by atoms with Crippen LogP contribution in [0.5, 0.6) is 0 Å². The molecule has 5 nitrogen and oxygen atoms in total. The van der Waals surface area contributed by atoms with Crippen LogP contribution in [0, 0.1) is 5.41 Å². The standard InChI is InChI=1S/C24H30Cl3NO4Si/c1-16-20(15-19(29)21(30-16)31-22(28)24(25,26)27)32-33(23(2,3)4,17-11-7-5-8-12-17)18-13-9-6-10-14-18/h5-14,16,19-21,28-29H,15H2,1-4H3/t16-,19+,20+,21-/m0/s1. The third-order valence-corrected chi connectivity index (χ3v) is 11.5. The second-order valence-corrected chi connectivity index (χ2v) is 15.8. The summed E-state index contributed by atoms with van der Waals surface area (Å²) in [6.07, 6.45) is -2.76. The maximum Gasteiger partial charge on any atom is 0.265 e. The summed E-state index contributed by atoms with van der Waals surface area (Å²) >= 11 is 17.1. The van der Waals surface area contributed by atoms with Gasteiger partial charge < -0.3 is 19.0 Å². The van der Waals surface area contributed by atoms with E-state index in [0.29, 0.717) is 0 Å². The fraction of sp³-hybridized carbons (Fsp3) is 0.458. The molecule has 0 amide bonds. The van der Waals surface area contributed by atoms with Crippen molar-refractivity contribution in [3.8, 4) is 0 Å². The van der Waals surface area contributed by atoms with Crippen LogP contribution in [0.3, 0.4) is 0 Å². The molecule has 0 aliphatic carbocycles. The zero-order chi connectivity index (χ0) is 24.4. The Labute approximate surface area is 211 Å². The van der Waals surface area contributed by atoms with Crippen LogP contribution in [0.2, 0.25) is 5.04 Å². The average molecular weight is 531 g/mol. The van der Waals surface area contributed by atoms with Gasteiger partial charge in [0.1, 0.15) is 6.10 Å². The summed E-state index contributed by atoms with van der Waals surface area (Å²) in [6.45, 7) is 8.44. The number of benzene rings is 2. The van der Waals surface area contributed by atoms with Crippen LogP contribution in [0.1, 0.15) is 34.1 Å². The topological polar surface area (TPSA) is 71.8 Å². The molecule has 1 heterocycles. The normalized spacial score (nSPS) is 24.4. The van der Waals surface area contributed by atoms with Gasteiger partial charge in [-0.3, -0.25) is 5.41 Å². The van der Waals surface area contributed by atoms with E-state index in [1.807, 2.05) is 43.3 Å². The van der Waals surface area contributed by atoms with Crippen LogP contribution < -0.4 is 10.4 Å². The largest absolute Gasteiger partial charge is 0.445 e. The van der Waals surface area contributed by atoms with Crippen molar-refractivity contribution in [1.29, 1.82) is 5.41 Å². The van der Waals surface area contributed by atoms with Crippen LogP contribution in [0.15, 0.2) is 60.7 Å². The van der Waals surface area contributed by atoms with Crippen molar-refractivity contribution in [2.45, 2.75) is 67.5 Å². The number of nitrogens with one attached hydrogen (secondary N) is 1. The monoisotopic (exact) mass is 529 g/mol. The van der Waals surface area contributed by atoms with Gasteiger partial charge in [0.05, 0.1) is 12.2 Å². The summed E-state index contributed by atoms with van der Waals surface area (Å²) in [5.74, 6) is -0.602. The summed E-state index contributed by atoms with van der Waals surface area (Å²) < 4.78 is 16.3. The Balaban J connectivity index is 1.96.